The average molecular weight is 383 g/mol. The number of methoxy groups -OCH3 is 1. The third kappa shape index (κ3) is 4.94. The van der Waals surface area contributed by atoms with Crippen molar-refractivity contribution in [2.75, 3.05) is 24.2 Å². The van der Waals surface area contributed by atoms with Crippen molar-refractivity contribution in [3.63, 3.8) is 0 Å². The summed E-state index contributed by atoms with van der Waals surface area (Å²) in [6, 6.07) is 2.01. The molecule has 0 saturated heterocycles. The second kappa shape index (κ2) is 6.67. The van der Waals surface area contributed by atoms with E-state index in [1.165, 1.54) is 7.11 Å². The number of halogens is 3. The molecule has 0 bridgehead atoms. The lowest BCUT2D eigenvalue weighted by molar-refractivity contribution is 0.217. The van der Waals surface area contributed by atoms with Gasteiger partial charge >= 0.3 is 0 Å². The molecule has 0 aliphatic heterocycles. The van der Waals surface area contributed by atoms with Crippen LogP contribution in [0.5, 0.6) is 0 Å². The molecule has 1 rings (SSSR count). The van der Waals surface area contributed by atoms with Gasteiger partial charge in [0.25, 0.3) is 9.05 Å². The van der Waals surface area contributed by atoms with Gasteiger partial charge in [-0.2, -0.15) is 0 Å². The van der Waals surface area contributed by atoms with Crippen LogP contribution in [0.3, 0.4) is 0 Å². The number of hydrogen-bond acceptors (Lipinski definition) is 5. The van der Waals surface area contributed by atoms with Gasteiger partial charge in [0.2, 0.25) is 10.0 Å². The van der Waals surface area contributed by atoms with Crippen molar-refractivity contribution in [3.05, 3.63) is 22.2 Å². The SMILES string of the molecule is COCCS(=O)(=O)Nc1c(Cl)cc(S(=O)(=O)Cl)cc1Cl. The Morgan fingerprint density at radius 3 is 2.05 bits per heavy atom. The molecule has 6 nitrogen and oxygen atoms in total. The van der Waals surface area contributed by atoms with Crippen LogP contribution in [-0.4, -0.2) is 36.3 Å². The highest BCUT2D eigenvalue weighted by Crippen LogP contribution is 2.35. The van der Waals surface area contributed by atoms with Crippen LogP contribution >= 0.6 is 33.9 Å². The number of sulfonamides is 1. The van der Waals surface area contributed by atoms with E-state index in [-0.39, 0.29) is 33.0 Å². The minimum Gasteiger partial charge on any atom is -0.384 e. The first-order chi connectivity index (χ1) is 9.07. The highest BCUT2D eigenvalue weighted by Gasteiger charge is 2.19. The fraction of sp³-hybridized carbons (Fsp3) is 0.333. The molecule has 0 atom stereocenters. The number of anilines is 1. The smallest absolute Gasteiger partial charge is 0.261 e. The summed E-state index contributed by atoms with van der Waals surface area (Å²) >= 11 is 11.6. The van der Waals surface area contributed by atoms with E-state index in [9.17, 15) is 16.8 Å². The molecule has 0 amide bonds. The Balaban J connectivity index is 3.16. The fourth-order valence-corrected chi connectivity index (χ4v) is 3.81. The minimum atomic E-state index is -4.02. The topological polar surface area (TPSA) is 89.5 Å². The third-order valence-corrected chi connectivity index (χ3v) is 5.26. The molecule has 0 saturated carbocycles. The van der Waals surface area contributed by atoms with Gasteiger partial charge < -0.3 is 4.74 Å². The van der Waals surface area contributed by atoms with E-state index < -0.39 is 19.1 Å². The summed E-state index contributed by atoms with van der Waals surface area (Å²) in [5.74, 6) is -0.300. The first-order valence-corrected chi connectivity index (χ1v) is 9.72. The zero-order chi connectivity index (χ0) is 15.6. The molecule has 0 spiro atoms. The highest BCUT2D eigenvalue weighted by molar-refractivity contribution is 8.13. The average Bonchev–Trinajstić information content (AvgIpc) is 2.30. The molecule has 0 aliphatic rings. The van der Waals surface area contributed by atoms with Gasteiger partial charge in [0, 0.05) is 17.8 Å². The second-order valence-corrected chi connectivity index (χ2v) is 8.84. The summed E-state index contributed by atoms with van der Waals surface area (Å²) in [7, 11) is -1.22. The predicted molar refractivity (Wildman–Crippen MR) is 78.8 cm³/mol. The fourth-order valence-electron chi connectivity index (χ4n) is 1.19. The molecule has 11 heteroatoms. The van der Waals surface area contributed by atoms with Gasteiger partial charge in [0.15, 0.2) is 0 Å². The molecule has 1 aromatic carbocycles. The van der Waals surface area contributed by atoms with Crippen molar-refractivity contribution in [2.24, 2.45) is 0 Å². The van der Waals surface area contributed by atoms with Crippen LogP contribution in [0.15, 0.2) is 17.0 Å². The first kappa shape index (κ1) is 17.8. The Morgan fingerprint density at radius 2 is 1.65 bits per heavy atom. The minimum absolute atomic E-state index is 0.0152. The molecule has 0 fully saturated rings. The predicted octanol–water partition coefficient (Wildman–Crippen LogP) is 2.31. The standard InChI is InChI=1S/C9H10Cl3NO5S2/c1-18-2-3-19(14,15)13-9-7(10)4-6(5-8(9)11)20(12,16)17/h4-5,13H,2-3H2,1H3. The zero-order valence-electron chi connectivity index (χ0n) is 10.1. The lowest BCUT2D eigenvalue weighted by Gasteiger charge is -2.12. The molecule has 0 aliphatic carbocycles. The summed E-state index contributed by atoms with van der Waals surface area (Å²) in [4.78, 5) is -0.325. The zero-order valence-corrected chi connectivity index (χ0v) is 14.0. The van der Waals surface area contributed by atoms with Crippen molar-refractivity contribution in [3.8, 4) is 0 Å². The summed E-state index contributed by atoms with van der Waals surface area (Å²) in [6.07, 6.45) is 0. The molecule has 0 unspecified atom stereocenters. The Morgan fingerprint density at radius 1 is 1.15 bits per heavy atom. The monoisotopic (exact) mass is 381 g/mol. The summed E-state index contributed by atoms with van der Waals surface area (Å²) in [6.45, 7) is -0.0152. The van der Waals surface area contributed by atoms with Crippen molar-refractivity contribution in [2.45, 2.75) is 4.90 Å². The van der Waals surface area contributed by atoms with Gasteiger partial charge in [0.05, 0.1) is 33.0 Å². The third-order valence-electron chi connectivity index (χ3n) is 2.11. The molecular weight excluding hydrogens is 373 g/mol. The van der Waals surface area contributed by atoms with E-state index in [2.05, 4.69) is 9.46 Å². The van der Waals surface area contributed by atoms with Crippen LogP contribution < -0.4 is 4.72 Å². The molecule has 0 aromatic heterocycles. The van der Waals surface area contributed by atoms with Gasteiger partial charge in [-0.25, -0.2) is 16.8 Å². The molecule has 20 heavy (non-hydrogen) atoms. The molecule has 1 aromatic rings. The number of rotatable bonds is 6. The highest BCUT2D eigenvalue weighted by atomic mass is 35.7. The van der Waals surface area contributed by atoms with Crippen LogP contribution in [0.2, 0.25) is 10.0 Å². The van der Waals surface area contributed by atoms with Crippen LogP contribution in [0.4, 0.5) is 5.69 Å². The van der Waals surface area contributed by atoms with Gasteiger partial charge in [-0.3, -0.25) is 4.72 Å². The first-order valence-electron chi connectivity index (χ1n) is 5.00. The van der Waals surface area contributed by atoms with Gasteiger partial charge in [-0.15, -0.1) is 0 Å². The maximum absolute atomic E-state index is 11.7. The number of hydrogen-bond donors (Lipinski definition) is 1. The largest absolute Gasteiger partial charge is 0.384 e. The van der Waals surface area contributed by atoms with E-state index in [1.807, 2.05) is 0 Å². The van der Waals surface area contributed by atoms with Crippen LogP contribution in [-0.2, 0) is 23.8 Å². The normalized spacial score (nSPS) is 12.4. The van der Waals surface area contributed by atoms with Gasteiger partial charge in [0.1, 0.15) is 0 Å². The number of benzene rings is 1. The van der Waals surface area contributed by atoms with Crippen molar-refractivity contribution in [1.29, 1.82) is 0 Å². The molecule has 0 heterocycles. The van der Waals surface area contributed by atoms with Crippen molar-refractivity contribution >= 4 is 58.6 Å². The van der Waals surface area contributed by atoms with Crippen LogP contribution in [0, 0.1) is 0 Å². The number of ether oxygens (including phenoxy) is 1. The second-order valence-electron chi connectivity index (χ2n) is 3.61. The van der Waals surface area contributed by atoms with Crippen LogP contribution in [0.25, 0.3) is 0 Å². The van der Waals surface area contributed by atoms with Crippen molar-refractivity contribution in [1.82, 2.24) is 0 Å². The lowest BCUT2D eigenvalue weighted by Crippen LogP contribution is -2.20. The molecular formula is C9H10Cl3NO5S2. The molecule has 0 radical (unpaired) electrons. The summed E-state index contributed by atoms with van der Waals surface area (Å²) in [5.41, 5.74) is -0.117. The maximum Gasteiger partial charge on any atom is 0.261 e. The Hall–Kier alpha value is -0.250. The lowest BCUT2D eigenvalue weighted by atomic mass is 10.3. The maximum atomic E-state index is 11.7. The molecule has 1 N–H and O–H groups in total. The van der Waals surface area contributed by atoms with E-state index in [1.54, 1.807) is 0 Å². The Kier molecular flexibility index (Phi) is 5.94. The van der Waals surface area contributed by atoms with E-state index in [4.69, 9.17) is 33.9 Å². The number of nitrogens with one attached hydrogen (secondary N) is 1. The Labute approximate surface area is 131 Å². The van der Waals surface area contributed by atoms with E-state index in [0.717, 1.165) is 12.1 Å². The summed E-state index contributed by atoms with van der Waals surface area (Å²) < 4.78 is 52.5. The summed E-state index contributed by atoms with van der Waals surface area (Å²) in [5, 5.41) is -0.365. The van der Waals surface area contributed by atoms with Gasteiger partial charge in [-0.05, 0) is 12.1 Å². The molecule has 114 valence electrons. The van der Waals surface area contributed by atoms with Gasteiger partial charge in [-0.1, -0.05) is 23.2 Å². The van der Waals surface area contributed by atoms with E-state index >= 15 is 0 Å². The Bertz CT molecular complexity index is 679. The van der Waals surface area contributed by atoms with Crippen LogP contribution in [0.1, 0.15) is 0 Å². The quantitative estimate of drug-likeness (QED) is 0.763. The van der Waals surface area contributed by atoms with E-state index in [0.29, 0.717) is 0 Å². The van der Waals surface area contributed by atoms with Crippen molar-refractivity contribution < 1.29 is 21.6 Å².